The molecule has 2 aliphatic rings. The van der Waals surface area contributed by atoms with Gasteiger partial charge in [-0.25, -0.2) is 0 Å². The summed E-state index contributed by atoms with van der Waals surface area (Å²) in [5.41, 5.74) is 0.807. The highest BCUT2D eigenvalue weighted by Crippen LogP contribution is 2.27. The van der Waals surface area contributed by atoms with Crippen LogP contribution in [0.4, 0.5) is 5.69 Å². The number of nitrogens with one attached hydrogen (secondary N) is 1. The van der Waals surface area contributed by atoms with Gasteiger partial charge < -0.3 is 19.7 Å². The third-order valence-corrected chi connectivity index (χ3v) is 6.19. The summed E-state index contributed by atoms with van der Waals surface area (Å²) in [6.45, 7) is 2.77. The zero-order chi connectivity index (χ0) is 18.4. The van der Waals surface area contributed by atoms with Crippen LogP contribution in [-0.2, 0) is 14.3 Å². The smallest absolute Gasteiger partial charge is 0.227 e. The Kier molecular flexibility index (Phi) is 6.80. The first-order valence-electron chi connectivity index (χ1n) is 9.09. The average molecular weight is 378 g/mol. The van der Waals surface area contributed by atoms with Crippen LogP contribution in [0.3, 0.4) is 0 Å². The molecule has 2 aliphatic heterocycles. The first-order chi connectivity index (χ1) is 12.7. The second-order valence-corrected chi connectivity index (χ2v) is 7.99. The Morgan fingerprint density at radius 3 is 2.73 bits per heavy atom. The Labute approximate surface area is 158 Å². The minimum atomic E-state index is -0.280. The van der Waals surface area contributed by atoms with E-state index in [1.54, 1.807) is 12.0 Å². The molecule has 1 aromatic rings. The number of nitrogens with zero attached hydrogens (tertiary/aromatic N) is 1. The predicted octanol–water partition coefficient (Wildman–Crippen LogP) is 2.08. The van der Waals surface area contributed by atoms with Crippen molar-refractivity contribution in [2.75, 3.05) is 44.1 Å². The van der Waals surface area contributed by atoms with Crippen LogP contribution >= 0.6 is 11.8 Å². The molecule has 1 N–H and O–H groups in total. The van der Waals surface area contributed by atoms with Gasteiger partial charge in [-0.1, -0.05) is 0 Å². The summed E-state index contributed by atoms with van der Waals surface area (Å²) in [5.74, 6) is 1.34. The molecule has 0 aliphatic carbocycles. The van der Waals surface area contributed by atoms with E-state index in [9.17, 15) is 9.59 Å². The summed E-state index contributed by atoms with van der Waals surface area (Å²) in [4.78, 5) is 26.3. The molecular formula is C19H26N2O4S. The quantitative estimate of drug-likeness (QED) is 0.736. The Hall–Kier alpha value is -1.73. The molecule has 3 rings (SSSR count). The third-order valence-electron chi connectivity index (χ3n) is 4.80. The summed E-state index contributed by atoms with van der Waals surface area (Å²) in [6, 6.07) is 7.34. The number of benzene rings is 1. The highest BCUT2D eigenvalue weighted by atomic mass is 32.2. The molecular weight excluding hydrogens is 352 g/mol. The zero-order valence-corrected chi connectivity index (χ0v) is 15.9. The molecule has 26 heavy (non-hydrogen) atoms. The number of hydrogen-bond donors (Lipinski definition) is 1. The fourth-order valence-electron chi connectivity index (χ4n) is 3.28. The Bertz CT molecular complexity index is 616. The average Bonchev–Trinajstić information content (AvgIpc) is 3.08. The van der Waals surface area contributed by atoms with Gasteiger partial charge in [0.05, 0.1) is 13.0 Å². The van der Waals surface area contributed by atoms with Crippen LogP contribution in [0.25, 0.3) is 0 Å². The number of rotatable bonds is 7. The van der Waals surface area contributed by atoms with Crippen LogP contribution in [0.2, 0.25) is 0 Å². The van der Waals surface area contributed by atoms with E-state index in [1.807, 2.05) is 36.0 Å². The van der Waals surface area contributed by atoms with Crippen LogP contribution in [0.5, 0.6) is 5.75 Å². The lowest BCUT2D eigenvalue weighted by atomic mass is 10.1. The van der Waals surface area contributed by atoms with E-state index < -0.39 is 0 Å². The molecule has 0 aromatic heterocycles. The molecule has 7 heteroatoms. The van der Waals surface area contributed by atoms with Crippen LogP contribution in [0.15, 0.2) is 24.3 Å². The normalized spacial score (nSPS) is 21.0. The van der Waals surface area contributed by atoms with Crippen molar-refractivity contribution in [3.8, 4) is 5.75 Å². The molecule has 2 fully saturated rings. The van der Waals surface area contributed by atoms with Gasteiger partial charge in [-0.15, -0.1) is 0 Å². The molecule has 2 amide bonds. The minimum absolute atomic E-state index is 0.00750. The van der Waals surface area contributed by atoms with Gasteiger partial charge in [0.25, 0.3) is 0 Å². The van der Waals surface area contributed by atoms with Gasteiger partial charge in [0.15, 0.2) is 0 Å². The van der Waals surface area contributed by atoms with Crippen molar-refractivity contribution in [1.29, 1.82) is 0 Å². The van der Waals surface area contributed by atoms with Gasteiger partial charge in [0.1, 0.15) is 5.75 Å². The van der Waals surface area contributed by atoms with E-state index in [4.69, 9.17) is 9.47 Å². The van der Waals surface area contributed by atoms with Gasteiger partial charge in [0.2, 0.25) is 11.8 Å². The lowest BCUT2D eigenvalue weighted by Crippen LogP contribution is -2.34. The Morgan fingerprint density at radius 1 is 1.31 bits per heavy atom. The van der Waals surface area contributed by atoms with Crippen LogP contribution in [0.1, 0.15) is 19.3 Å². The number of ether oxygens (including phenoxy) is 2. The van der Waals surface area contributed by atoms with E-state index in [1.165, 1.54) is 0 Å². The standard InChI is InChI=1S/C19H26N2O4S/c1-24-16-4-2-15(3-5-16)21-13-14(12-18(21)22)19(23)20-8-11-26-17-6-9-25-10-7-17/h2-5,14,17H,6-13H2,1H3,(H,20,23)/t14-/m0/s1. The summed E-state index contributed by atoms with van der Waals surface area (Å²) in [6.07, 6.45) is 2.45. The first kappa shape index (κ1) is 19.0. The highest BCUT2D eigenvalue weighted by Gasteiger charge is 2.34. The van der Waals surface area contributed by atoms with E-state index in [0.29, 0.717) is 18.3 Å². The molecule has 1 atom stereocenters. The van der Waals surface area contributed by atoms with Crippen molar-refractivity contribution in [3.05, 3.63) is 24.3 Å². The molecule has 142 valence electrons. The van der Waals surface area contributed by atoms with Crippen LogP contribution in [-0.4, -0.2) is 56.2 Å². The molecule has 6 nitrogen and oxygen atoms in total. The second-order valence-electron chi connectivity index (χ2n) is 6.58. The van der Waals surface area contributed by atoms with Crippen LogP contribution < -0.4 is 15.0 Å². The summed E-state index contributed by atoms with van der Waals surface area (Å²) < 4.78 is 10.5. The molecule has 1 aromatic carbocycles. The number of hydrogen-bond acceptors (Lipinski definition) is 5. The summed E-state index contributed by atoms with van der Waals surface area (Å²) in [5, 5.41) is 3.62. The third kappa shape index (κ3) is 4.92. The van der Waals surface area contributed by atoms with E-state index in [2.05, 4.69) is 5.32 Å². The van der Waals surface area contributed by atoms with Gasteiger partial charge in [0, 0.05) is 49.4 Å². The van der Waals surface area contributed by atoms with Crippen molar-refractivity contribution in [1.82, 2.24) is 5.32 Å². The SMILES string of the molecule is COc1ccc(N2C[C@@H](C(=O)NCCSC3CCOCC3)CC2=O)cc1. The van der Waals surface area contributed by atoms with E-state index >= 15 is 0 Å². The predicted molar refractivity (Wildman–Crippen MR) is 103 cm³/mol. The fraction of sp³-hybridized carbons (Fsp3) is 0.579. The number of carbonyl (C=O) groups is 2. The number of anilines is 1. The lowest BCUT2D eigenvalue weighted by molar-refractivity contribution is -0.126. The Morgan fingerprint density at radius 2 is 2.04 bits per heavy atom. The first-order valence-corrected chi connectivity index (χ1v) is 10.1. The monoisotopic (exact) mass is 378 g/mol. The zero-order valence-electron chi connectivity index (χ0n) is 15.1. The summed E-state index contributed by atoms with van der Waals surface area (Å²) in [7, 11) is 1.61. The fourth-order valence-corrected chi connectivity index (χ4v) is 4.36. The molecule has 0 saturated carbocycles. The molecule has 0 radical (unpaired) electrons. The molecule has 0 spiro atoms. The number of methoxy groups -OCH3 is 1. The van der Waals surface area contributed by atoms with Gasteiger partial charge in [-0.2, -0.15) is 11.8 Å². The van der Waals surface area contributed by atoms with Gasteiger partial charge in [-0.05, 0) is 37.1 Å². The number of carbonyl (C=O) groups excluding carboxylic acids is 2. The maximum atomic E-state index is 12.4. The van der Waals surface area contributed by atoms with Gasteiger partial charge in [-0.3, -0.25) is 9.59 Å². The molecule has 0 bridgehead atoms. The Balaban J connectivity index is 1.42. The number of amides is 2. The van der Waals surface area contributed by atoms with E-state index in [-0.39, 0.29) is 24.2 Å². The molecule has 0 unspecified atom stereocenters. The summed E-state index contributed by atoms with van der Waals surface area (Å²) >= 11 is 1.90. The van der Waals surface area contributed by atoms with Crippen molar-refractivity contribution in [2.45, 2.75) is 24.5 Å². The minimum Gasteiger partial charge on any atom is -0.497 e. The molecule has 2 saturated heterocycles. The van der Waals surface area contributed by atoms with E-state index in [0.717, 1.165) is 43.2 Å². The lowest BCUT2D eigenvalue weighted by Gasteiger charge is -2.21. The van der Waals surface area contributed by atoms with Crippen molar-refractivity contribution >= 4 is 29.3 Å². The topological polar surface area (TPSA) is 67.9 Å². The maximum Gasteiger partial charge on any atom is 0.227 e. The van der Waals surface area contributed by atoms with Gasteiger partial charge >= 0.3 is 0 Å². The maximum absolute atomic E-state index is 12.4. The van der Waals surface area contributed by atoms with Crippen molar-refractivity contribution in [2.24, 2.45) is 5.92 Å². The van der Waals surface area contributed by atoms with Crippen LogP contribution in [0, 0.1) is 5.92 Å². The van der Waals surface area contributed by atoms with Crippen molar-refractivity contribution < 1.29 is 19.1 Å². The highest BCUT2D eigenvalue weighted by molar-refractivity contribution is 7.99. The number of thioether (sulfide) groups is 1. The largest absolute Gasteiger partial charge is 0.497 e. The van der Waals surface area contributed by atoms with Crippen molar-refractivity contribution in [3.63, 3.8) is 0 Å². The second kappa shape index (κ2) is 9.28. The molecule has 2 heterocycles.